The lowest BCUT2D eigenvalue weighted by atomic mass is 10.2. The number of fused-ring (bicyclic) bond motifs is 1. The van der Waals surface area contributed by atoms with Crippen LogP contribution in [0.15, 0.2) is 4.47 Å². The molecule has 0 saturated heterocycles. The minimum atomic E-state index is 0.559. The van der Waals surface area contributed by atoms with Gasteiger partial charge in [0, 0.05) is 5.92 Å². The molecule has 0 N–H and O–H groups in total. The average molecular weight is 231 g/mol. The summed E-state index contributed by atoms with van der Waals surface area (Å²) in [6, 6.07) is 0. The third-order valence-corrected chi connectivity index (χ3v) is 2.91. The molecule has 3 nitrogen and oxygen atoms in total. The molecule has 1 atom stereocenters. The summed E-state index contributed by atoms with van der Waals surface area (Å²) < 4.78 is 8.46. The zero-order valence-corrected chi connectivity index (χ0v) is 8.76. The average Bonchev–Trinajstić information content (AvgIpc) is 2.28. The molecular formula is C8H11BrN2O. The molecule has 1 aliphatic rings. The number of ether oxygens (including phenoxy) is 1. The molecule has 66 valence electrons. The Labute approximate surface area is 79.8 Å². The van der Waals surface area contributed by atoms with Crippen LogP contribution in [0.4, 0.5) is 0 Å². The first-order valence-corrected chi connectivity index (χ1v) is 4.83. The number of halogens is 1. The van der Waals surface area contributed by atoms with Gasteiger partial charge < -0.3 is 4.74 Å². The third-order valence-electron chi connectivity index (χ3n) is 2.00. The van der Waals surface area contributed by atoms with Gasteiger partial charge in [0.15, 0.2) is 0 Å². The largest absolute Gasteiger partial charge is 0.477 e. The van der Waals surface area contributed by atoms with Crippen molar-refractivity contribution in [3.8, 4) is 5.88 Å². The summed E-state index contributed by atoms with van der Waals surface area (Å²) in [5.74, 6) is 1.44. The maximum atomic E-state index is 5.54. The molecule has 1 unspecified atom stereocenters. The van der Waals surface area contributed by atoms with Crippen LogP contribution < -0.4 is 4.74 Å². The number of nitrogens with zero attached hydrogens (tertiary/aromatic N) is 2. The molecule has 0 spiro atoms. The molecule has 0 aliphatic carbocycles. The van der Waals surface area contributed by atoms with Gasteiger partial charge in [0.1, 0.15) is 4.47 Å². The Balaban J connectivity index is 2.43. The summed E-state index contributed by atoms with van der Waals surface area (Å²) in [5.41, 5.74) is 0.999. The Bertz CT molecular complexity index is 308. The van der Waals surface area contributed by atoms with E-state index in [1.807, 2.05) is 11.6 Å². The van der Waals surface area contributed by atoms with Crippen LogP contribution >= 0.6 is 15.9 Å². The third kappa shape index (κ3) is 1.14. The van der Waals surface area contributed by atoms with Crippen LogP contribution in [0.3, 0.4) is 0 Å². The van der Waals surface area contributed by atoms with E-state index in [1.165, 1.54) is 0 Å². The lowest BCUT2D eigenvalue weighted by Gasteiger charge is -2.20. The van der Waals surface area contributed by atoms with Gasteiger partial charge in [-0.15, -0.1) is 0 Å². The van der Waals surface area contributed by atoms with Gasteiger partial charge in [0.2, 0.25) is 5.88 Å². The second kappa shape index (κ2) is 2.76. The predicted octanol–water partition coefficient (Wildman–Crippen LogP) is 1.98. The SMILES string of the molecule is Cc1nn2c(c1Br)OCC(C)C2. The van der Waals surface area contributed by atoms with Crippen LogP contribution in [0.2, 0.25) is 0 Å². The minimum Gasteiger partial charge on any atom is -0.477 e. The van der Waals surface area contributed by atoms with Crippen molar-refractivity contribution in [3.63, 3.8) is 0 Å². The lowest BCUT2D eigenvalue weighted by molar-refractivity contribution is 0.174. The van der Waals surface area contributed by atoms with Gasteiger partial charge >= 0.3 is 0 Å². The molecule has 0 bridgehead atoms. The topological polar surface area (TPSA) is 27.1 Å². The molecule has 0 fully saturated rings. The van der Waals surface area contributed by atoms with E-state index in [9.17, 15) is 0 Å². The highest BCUT2D eigenvalue weighted by Crippen LogP contribution is 2.31. The molecule has 2 rings (SSSR count). The van der Waals surface area contributed by atoms with Crippen LogP contribution in [-0.2, 0) is 6.54 Å². The van der Waals surface area contributed by atoms with Crippen LogP contribution in [-0.4, -0.2) is 16.4 Å². The Hall–Kier alpha value is -0.510. The van der Waals surface area contributed by atoms with Gasteiger partial charge in [-0.2, -0.15) is 5.10 Å². The summed E-state index contributed by atoms with van der Waals surface area (Å²) >= 11 is 3.45. The van der Waals surface area contributed by atoms with Gasteiger partial charge in [-0.05, 0) is 22.9 Å². The molecule has 1 aliphatic heterocycles. The number of aryl methyl sites for hydroxylation is 1. The molecule has 1 aromatic heterocycles. The van der Waals surface area contributed by atoms with Crippen LogP contribution in [0.5, 0.6) is 5.88 Å². The van der Waals surface area contributed by atoms with Crippen molar-refractivity contribution in [1.82, 2.24) is 9.78 Å². The zero-order chi connectivity index (χ0) is 8.72. The van der Waals surface area contributed by atoms with Crippen molar-refractivity contribution in [2.24, 2.45) is 5.92 Å². The van der Waals surface area contributed by atoms with Crippen molar-refractivity contribution in [2.75, 3.05) is 6.61 Å². The second-order valence-corrected chi connectivity index (χ2v) is 4.10. The molecular weight excluding hydrogens is 220 g/mol. The number of aromatic nitrogens is 2. The molecule has 0 aromatic carbocycles. The second-order valence-electron chi connectivity index (χ2n) is 3.30. The van der Waals surface area contributed by atoms with Gasteiger partial charge in [-0.1, -0.05) is 6.92 Å². The van der Waals surface area contributed by atoms with Gasteiger partial charge in [-0.25, -0.2) is 4.68 Å². The standard InChI is InChI=1S/C8H11BrN2O/c1-5-3-11-8(12-4-5)7(9)6(2)10-11/h5H,3-4H2,1-2H3. The monoisotopic (exact) mass is 230 g/mol. The van der Waals surface area contributed by atoms with E-state index >= 15 is 0 Å². The Morgan fingerprint density at radius 1 is 1.67 bits per heavy atom. The Morgan fingerprint density at radius 2 is 2.42 bits per heavy atom. The number of hydrogen-bond donors (Lipinski definition) is 0. The van der Waals surface area contributed by atoms with Crippen molar-refractivity contribution in [3.05, 3.63) is 10.2 Å². The van der Waals surface area contributed by atoms with Crippen molar-refractivity contribution in [1.29, 1.82) is 0 Å². The molecule has 12 heavy (non-hydrogen) atoms. The highest BCUT2D eigenvalue weighted by Gasteiger charge is 2.21. The van der Waals surface area contributed by atoms with E-state index in [0.29, 0.717) is 5.92 Å². The van der Waals surface area contributed by atoms with Gasteiger partial charge in [0.25, 0.3) is 0 Å². The maximum Gasteiger partial charge on any atom is 0.226 e. The van der Waals surface area contributed by atoms with Crippen molar-refractivity contribution < 1.29 is 4.74 Å². The summed E-state index contributed by atoms with van der Waals surface area (Å²) in [5, 5.41) is 4.35. The van der Waals surface area contributed by atoms with Crippen LogP contribution in [0.25, 0.3) is 0 Å². The zero-order valence-electron chi connectivity index (χ0n) is 7.17. The molecule has 0 amide bonds. The maximum absolute atomic E-state index is 5.54. The number of hydrogen-bond acceptors (Lipinski definition) is 2. The van der Waals surface area contributed by atoms with E-state index in [0.717, 1.165) is 29.2 Å². The lowest BCUT2D eigenvalue weighted by Crippen LogP contribution is -2.23. The van der Waals surface area contributed by atoms with Gasteiger partial charge in [0.05, 0.1) is 18.8 Å². The molecule has 0 saturated carbocycles. The van der Waals surface area contributed by atoms with Crippen LogP contribution in [0.1, 0.15) is 12.6 Å². The summed E-state index contributed by atoms with van der Waals surface area (Å²) in [6.45, 7) is 5.89. The van der Waals surface area contributed by atoms with Crippen molar-refractivity contribution in [2.45, 2.75) is 20.4 Å². The summed E-state index contributed by atoms with van der Waals surface area (Å²) in [4.78, 5) is 0. The van der Waals surface area contributed by atoms with E-state index in [2.05, 4.69) is 28.0 Å². The Kier molecular flexibility index (Phi) is 1.87. The first-order chi connectivity index (χ1) is 5.68. The minimum absolute atomic E-state index is 0.559. The fourth-order valence-corrected chi connectivity index (χ4v) is 1.77. The molecule has 1 aromatic rings. The number of rotatable bonds is 0. The first-order valence-electron chi connectivity index (χ1n) is 4.04. The quantitative estimate of drug-likeness (QED) is 0.682. The summed E-state index contributed by atoms with van der Waals surface area (Å²) in [7, 11) is 0. The molecule has 2 heterocycles. The molecule has 4 heteroatoms. The molecule has 0 radical (unpaired) electrons. The highest BCUT2D eigenvalue weighted by atomic mass is 79.9. The predicted molar refractivity (Wildman–Crippen MR) is 49.3 cm³/mol. The fraction of sp³-hybridized carbons (Fsp3) is 0.625. The van der Waals surface area contributed by atoms with E-state index in [4.69, 9.17) is 4.74 Å². The van der Waals surface area contributed by atoms with E-state index in [1.54, 1.807) is 0 Å². The highest BCUT2D eigenvalue weighted by molar-refractivity contribution is 9.10. The summed E-state index contributed by atoms with van der Waals surface area (Å²) in [6.07, 6.45) is 0. The van der Waals surface area contributed by atoms with Crippen molar-refractivity contribution >= 4 is 15.9 Å². The van der Waals surface area contributed by atoms with E-state index in [-0.39, 0.29) is 0 Å². The normalized spacial score (nSPS) is 21.8. The fourth-order valence-electron chi connectivity index (χ4n) is 1.37. The smallest absolute Gasteiger partial charge is 0.226 e. The van der Waals surface area contributed by atoms with Gasteiger partial charge in [-0.3, -0.25) is 0 Å². The van der Waals surface area contributed by atoms with E-state index < -0.39 is 0 Å². The Morgan fingerprint density at radius 3 is 3.17 bits per heavy atom. The first kappa shape index (κ1) is 8.10. The van der Waals surface area contributed by atoms with Crippen LogP contribution in [0, 0.1) is 12.8 Å².